The lowest BCUT2D eigenvalue weighted by atomic mass is 10.2. The summed E-state index contributed by atoms with van der Waals surface area (Å²) in [6.45, 7) is 8.05. The molecule has 0 aliphatic carbocycles. The summed E-state index contributed by atoms with van der Waals surface area (Å²) < 4.78 is 0. The molecule has 0 aromatic heterocycles. The van der Waals surface area contributed by atoms with Crippen molar-refractivity contribution < 1.29 is 0 Å². The zero-order valence-electron chi connectivity index (χ0n) is 7.18. The Bertz CT molecular complexity index is 134. The van der Waals surface area contributed by atoms with Crippen molar-refractivity contribution in [3.8, 4) is 0 Å². The first-order chi connectivity index (χ1) is 4.54. The van der Waals surface area contributed by atoms with Crippen LogP contribution in [0.1, 0.15) is 27.7 Å². The van der Waals surface area contributed by atoms with Crippen LogP contribution in [0.2, 0.25) is 0 Å². The average Bonchev–Trinajstić information content (AvgIpc) is 1.82. The second-order valence-corrected chi connectivity index (χ2v) is 3.06. The van der Waals surface area contributed by atoms with Gasteiger partial charge in [-0.05, 0) is 5.92 Å². The van der Waals surface area contributed by atoms with Crippen molar-refractivity contribution in [2.75, 3.05) is 0 Å². The molecule has 0 aliphatic rings. The first kappa shape index (κ1) is 9.34. The number of nitrogens with zero attached hydrogens (tertiary/aromatic N) is 1. The Balaban J connectivity index is 3.79. The normalized spacial score (nSPS) is 11.8. The van der Waals surface area contributed by atoms with Gasteiger partial charge in [-0.25, -0.2) is 4.99 Å². The number of hydrogen-bond donors (Lipinski definition) is 1. The average molecular weight is 140 g/mol. The summed E-state index contributed by atoms with van der Waals surface area (Å²) in [7, 11) is 0. The Morgan fingerprint density at radius 2 is 1.80 bits per heavy atom. The molecule has 58 valence electrons. The highest BCUT2D eigenvalue weighted by molar-refractivity contribution is 5.88. The van der Waals surface area contributed by atoms with Crippen LogP contribution in [0.3, 0.4) is 0 Å². The number of hydrogen-bond acceptors (Lipinski definition) is 1. The summed E-state index contributed by atoms with van der Waals surface area (Å²) in [5.41, 5.74) is 0. The fourth-order valence-electron chi connectivity index (χ4n) is 0.378. The molecule has 0 saturated heterocycles. The maximum absolute atomic E-state index is 7.34. The Morgan fingerprint density at radius 3 is 2.10 bits per heavy atom. The Kier molecular flexibility index (Phi) is 3.93. The Hall–Kier alpha value is -0.660. The number of aliphatic imine (C=N–C) groups is 1. The highest BCUT2D eigenvalue weighted by Gasteiger charge is 1.97. The van der Waals surface area contributed by atoms with E-state index in [2.05, 4.69) is 18.8 Å². The second-order valence-electron chi connectivity index (χ2n) is 3.06. The zero-order valence-corrected chi connectivity index (χ0v) is 7.18. The zero-order chi connectivity index (χ0) is 8.15. The lowest BCUT2D eigenvalue weighted by Crippen LogP contribution is -2.03. The summed E-state index contributed by atoms with van der Waals surface area (Å²) in [6, 6.07) is 0. The lowest BCUT2D eigenvalue weighted by molar-refractivity contribution is 0.858. The van der Waals surface area contributed by atoms with E-state index in [0.29, 0.717) is 11.8 Å². The smallest absolute Gasteiger partial charge is 0.122 e. The van der Waals surface area contributed by atoms with Gasteiger partial charge in [0, 0.05) is 12.1 Å². The van der Waals surface area contributed by atoms with Crippen molar-refractivity contribution >= 4 is 12.1 Å². The van der Waals surface area contributed by atoms with E-state index in [1.54, 1.807) is 0 Å². The maximum Gasteiger partial charge on any atom is 0.122 e. The predicted octanol–water partition coefficient (Wildman–Crippen LogP) is 2.35. The highest BCUT2D eigenvalue weighted by atomic mass is 14.8. The highest BCUT2D eigenvalue weighted by Crippen LogP contribution is 1.96. The van der Waals surface area contributed by atoms with Crippen LogP contribution < -0.4 is 0 Å². The standard InChI is InChI=1S/C8H16N2/c1-6(2)5-10-8(9)7(3)4/h5-7,9H,1-4H3. The minimum Gasteiger partial charge on any atom is -0.286 e. The molecule has 0 aromatic rings. The van der Waals surface area contributed by atoms with Gasteiger partial charge in [-0.1, -0.05) is 27.7 Å². The van der Waals surface area contributed by atoms with Crippen LogP contribution in [0.25, 0.3) is 0 Å². The van der Waals surface area contributed by atoms with E-state index in [1.807, 2.05) is 20.1 Å². The fourth-order valence-corrected chi connectivity index (χ4v) is 0.378. The molecule has 10 heavy (non-hydrogen) atoms. The van der Waals surface area contributed by atoms with Gasteiger partial charge < -0.3 is 0 Å². The molecule has 1 N–H and O–H groups in total. The third-order valence-corrected chi connectivity index (χ3v) is 1.06. The van der Waals surface area contributed by atoms with E-state index in [4.69, 9.17) is 5.41 Å². The third-order valence-electron chi connectivity index (χ3n) is 1.06. The van der Waals surface area contributed by atoms with E-state index in [1.165, 1.54) is 0 Å². The molecule has 2 nitrogen and oxygen atoms in total. The molecule has 0 bridgehead atoms. The largest absolute Gasteiger partial charge is 0.286 e. The van der Waals surface area contributed by atoms with Gasteiger partial charge in [-0.2, -0.15) is 0 Å². The monoisotopic (exact) mass is 140 g/mol. The molecule has 0 atom stereocenters. The van der Waals surface area contributed by atoms with E-state index in [9.17, 15) is 0 Å². The van der Waals surface area contributed by atoms with Gasteiger partial charge >= 0.3 is 0 Å². The van der Waals surface area contributed by atoms with Crippen LogP contribution >= 0.6 is 0 Å². The lowest BCUT2D eigenvalue weighted by Gasteiger charge is -2.00. The molecule has 0 radical (unpaired) electrons. The minimum atomic E-state index is 0.245. The molecule has 0 unspecified atom stereocenters. The van der Waals surface area contributed by atoms with Gasteiger partial charge in [0.1, 0.15) is 5.84 Å². The molecular weight excluding hydrogens is 124 g/mol. The van der Waals surface area contributed by atoms with Crippen molar-refractivity contribution in [1.29, 1.82) is 5.41 Å². The van der Waals surface area contributed by atoms with Gasteiger partial charge in [0.15, 0.2) is 0 Å². The molecule has 0 rings (SSSR count). The van der Waals surface area contributed by atoms with Crippen molar-refractivity contribution in [3.63, 3.8) is 0 Å². The molecule has 0 aliphatic heterocycles. The van der Waals surface area contributed by atoms with Crippen LogP contribution in [-0.4, -0.2) is 12.1 Å². The summed E-state index contributed by atoms with van der Waals surface area (Å²) in [4.78, 5) is 3.98. The molecule has 0 aromatic carbocycles. The van der Waals surface area contributed by atoms with E-state index in [-0.39, 0.29) is 5.92 Å². The van der Waals surface area contributed by atoms with Gasteiger partial charge in [0.25, 0.3) is 0 Å². The first-order valence-corrected chi connectivity index (χ1v) is 3.66. The van der Waals surface area contributed by atoms with Crippen molar-refractivity contribution in [1.82, 2.24) is 0 Å². The van der Waals surface area contributed by atoms with Crippen LogP contribution in [0.4, 0.5) is 0 Å². The van der Waals surface area contributed by atoms with Crippen molar-refractivity contribution in [2.24, 2.45) is 16.8 Å². The van der Waals surface area contributed by atoms with E-state index in [0.717, 1.165) is 0 Å². The first-order valence-electron chi connectivity index (χ1n) is 3.66. The molecule has 0 amide bonds. The Labute approximate surface area is 62.9 Å². The maximum atomic E-state index is 7.34. The van der Waals surface area contributed by atoms with Crippen LogP contribution in [0.15, 0.2) is 4.99 Å². The number of rotatable bonds is 2. The molecule has 0 fully saturated rings. The molecule has 2 heteroatoms. The van der Waals surface area contributed by atoms with Gasteiger partial charge in [-0.3, -0.25) is 5.41 Å². The number of nitrogens with one attached hydrogen (secondary N) is 1. The van der Waals surface area contributed by atoms with Crippen molar-refractivity contribution in [3.05, 3.63) is 0 Å². The van der Waals surface area contributed by atoms with Crippen LogP contribution in [-0.2, 0) is 0 Å². The Morgan fingerprint density at radius 1 is 1.30 bits per heavy atom. The molecule has 0 saturated carbocycles. The topological polar surface area (TPSA) is 36.2 Å². The van der Waals surface area contributed by atoms with Crippen molar-refractivity contribution in [2.45, 2.75) is 27.7 Å². The SMILES string of the molecule is CC(C)C=NC(=N)C(C)C. The third kappa shape index (κ3) is 4.24. The van der Waals surface area contributed by atoms with Gasteiger partial charge in [0.2, 0.25) is 0 Å². The van der Waals surface area contributed by atoms with Crippen LogP contribution in [0, 0.1) is 17.2 Å². The molecule has 0 spiro atoms. The molecule has 0 heterocycles. The quantitative estimate of drug-likeness (QED) is 0.451. The summed E-state index contributed by atoms with van der Waals surface area (Å²) in [5.74, 6) is 1.16. The number of amidine groups is 1. The summed E-state index contributed by atoms with van der Waals surface area (Å²) in [5, 5.41) is 7.34. The predicted molar refractivity (Wildman–Crippen MR) is 45.9 cm³/mol. The minimum absolute atomic E-state index is 0.245. The summed E-state index contributed by atoms with van der Waals surface area (Å²) >= 11 is 0. The van der Waals surface area contributed by atoms with E-state index < -0.39 is 0 Å². The van der Waals surface area contributed by atoms with E-state index >= 15 is 0 Å². The molecular formula is C8H16N2. The fraction of sp³-hybridized carbons (Fsp3) is 0.750. The second kappa shape index (κ2) is 4.20. The van der Waals surface area contributed by atoms with Gasteiger partial charge in [-0.15, -0.1) is 0 Å². The van der Waals surface area contributed by atoms with Crippen LogP contribution in [0.5, 0.6) is 0 Å². The summed E-state index contributed by atoms with van der Waals surface area (Å²) in [6.07, 6.45) is 1.81. The van der Waals surface area contributed by atoms with Gasteiger partial charge in [0.05, 0.1) is 0 Å².